The van der Waals surface area contributed by atoms with Crippen molar-refractivity contribution in [1.82, 2.24) is 10.2 Å². The van der Waals surface area contributed by atoms with Crippen molar-refractivity contribution in [2.75, 3.05) is 32.8 Å². The van der Waals surface area contributed by atoms with Crippen LogP contribution in [0.15, 0.2) is 24.3 Å². The van der Waals surface area contributed by atoms with E-state index in [1.54, 1.807) is 0 Å². The molecule has 1 aromatic carbocycles. The van der Waals surface area contributed by atoms with Crippen LogP contribution in [-0.4, -0.2) is 49.7 Å². The minimum absolute atomic E-state index is 0.0472. The molecule has 114 valence electrons. The summed E-state index contributed by atoms with van der Waals surface area (Å²) in [5.74, 6) is 1.75. The third kappa shape index (κ3) is 3.67. The van der Waals surface area contributed by atoms with Gasteiger partial charge in [0.2, 0.25) is 5.91 Å². The number of carbonyl (C=O) groups is 1. The van der Waals surface area contributed by atoms with E-state index in [2.05, 4.69) is 5.32 Å². The zero-order chi connectivity index (χ0) is 14.5. The number of hydrogen-bond donors (Lipinski definition) is 1. The third-order valence-corrected chi connectivity index (χ3v) is 3.92. The van der Waals surface area contributed by atoms with Gasteiger partial charge in [0.05, 0.1) is 6.54 Å². The fourth-order valence-electron chi connectivity index (χ4n) is 2.76. The van der Waals surface area contributed by atoms with E-state index >= 15 is 0 Å². The van der Waals surface area contributed by atoms with Gasteiger partial charge in [-0.1, -0.05) is 12.1 Å². The Labute approximate surface area is 125 Å². The van der Waals surface area contributed by atoms with Crippen molar-refractivity contribution in [2.45, 2.75) is 25.4 Å². The van der Waals surface area contributed by atoms with Crippen LogP contribution in [0, 0.1) is 0 Å². The molecule has 0 bridgehead atoms. The van der Waals surface area contributed by atoms with Crippen LogP contribution in [0.4, 0.5) is 0 Å². The van der Waals surface area contributed by atoms with Gasteiger partial charge in [-0.15, -0.1) is 0 Å². The van der Waals surface area contributed by atoms with Gasteiger partial charge in [-0.2, -0.15) is 0 Å². The van der Waals surface area contributed by atoms with E-state index in [9.17, 15) is 4.79 Å². The molecule has 2 heterocycles. The van der Waals surface area contributed by atoms with Gasteiger partial charge < -0.3 is 19.7 Å². The van der Waals surface area contributed by atoms with Crippen molar-refractivity contribution < 1.29 is 14.3 Å². The number of nitrogens with zero attached hydrogens (tertiary/aromatic N) is 1. The summed E-state index contributed by atoms with van der Waals surface area (Å²) in [6, 6.07) is 7.66. The van der Waals surface area contributed by atoms with Gasteiger partial charge in [0, 0.05) is 19.6 Å². The zero-order valence-corrected chi connectivity index (χ0v) is 12.2. The first-order valence-corrected chi connectivity index (χ1v) is 7.70. The second-order valence-corrected chi connectivity index (χ2v) is 5.57. The van der Waals surface area contributed by atoms with Crippen LogP contribution in [0.1, 0.15) is 19.3 Å². The van der Waals surface area contributed by atoms with E-state index in [-0.39, 0.29) is 12.0 Å². The zero-order valence-electron chi connectivity index (χ0n) is 12.2. The van der Waals surface area contributed by atoms with Crippen LogP contribution in [0.5, 0.6) is 11.5 Å². The molecular formula is C16H22N2O3. The van der Waals surface area contributed by atoms with Gasteiger partial charge in [0.25, 0.3) is 0 Å². The normalized spacial score (nSPS) is 21.1. The summed E-state index contributed by atoms with van der Waals surface area (Å²) in [7, 11) is 0. The van der Waals surface area contributed by atoms with Crippen LogP contribution in [-0.2, 0) is 4.79 Å². The van der Waals surface area contributed by atoms with Gasteiger partial charge in [-0.05, 0) is 31.4 Å². The lowest BCUT2D eigenvalue weighted by molar-refractivity contribution is -0.131. The molecule has 1 aromatic rings. The van der Waals surface area contributed by atoms with E-state index in [0.29, 0.717) is 19.7 Å². The number of fused-ring (bicyclic) bond motifs is 1. The van der Waals surface area contributed by atoms with Crippen LogP contribution >= 0.6 is 0 Å². The number of benzene rings is 1. The summed E-state index contributed by atoms with van der Waals surface area (Å²) in [6.07, 6.45) is 3.45. The van der Waals surface area contributed by atoms with Gasteiger partial charge >= 0.3 is 0 Å². The van der Waals surface area contributed by atoms with Crippen LogP contribution < -0.4 is 14.8 Å². The molecule has 5 nitrogen and oxygen atoms in total. The Morgan fingerprint density at radius 1 is 1.19 bits per heavy atom. The van der Waals surface area contributed by atoms with E-state index in [0.717, 1.165) is 37.4 Å². The molecule has 0 spiro atoms. The van der Waals surface area contributed by atoms with Crippen LogP contribution in [0.25, 0.3) is 0 Å². The number of amides is 1. The highest BCUT2D eigenvalue weighted by atomic mass is 16.6. The summed E-state index contributed by atoms with van der Waals surface area (Å²) >= 11 is 0. The Bertz CT molecular complexity index is 486. The maximum Gasteiger partial charge on any atom is 0.236 e. The highest BCUT2D eigenvalue weighted by Gasteiger charge is 2.21. The highest BCUT2D eigenvalue weighted by Crippen LogP contribution is 2.30. The SMILES string of the molecule is O=C(CNCC1COc2ccccc2O1)N1CCCCC1. The molecule has 0 saturated carbocycles. The van der Waals surface area contributed by atoms with Crippen molar-refractivity contribution in [2.24, 2.45) is 0 Å². The van der Waals surface area contributed by atoms with Gasteiger partial charge in [0.15, 0.2) is 11.5 Å². The summed E-state index contributed by atoms with van der Waals surface area (Å²) in [5, 5.41) is 3.19. The van der Waals surface area contributed by atoms with Gasteiger partial charge in [0.1, 0.15) is 12.7 Å². The monoisotopic (exact) mass is 290 g/mol. The quantitative estimate of drug-likeness (QED) is 0.911. The third-order valence-electron chi connectivity index (χ3n) is 3.92. The van der Waals surface area contributed by atoms with Crippen LogP contribution in [0.3, 0.4) is 0 Å². The molecule has 0 aliphatic carbocycles. The van der Waals surface area contributed by atoms with Crippen LogP contribution in [0.2, 0.25) is 0 Å². The fraction of sp³-hybridized carbons (Fsp3) is 0.562. The molecule has 1 fully saturated rings. The first-order valence-electron chi connectivity index (χ1n) is 7.70. The average molecular weight is 290 g/mol. The molecule has 1 saturated heterocycles. The Morgan fingerprint density at radius 3 is 2.76 bits per heavy atom. The minimum Gasteiger partial charge on any atom is -0.486 e. The maximum atomic E-state index is 12.0. The molecule has 2 aliphatic heterocycles. The fourth-order valence-corrected chi connectivity index (χ4v) is 2.76. The number of hydrogen-bond acceptors (Lipinski definition) is 4. The number of nitrogens with one attached hydrogen (secondary N) is 1. The maximum absolute atomic E-state index is 12.0. The number of carbonyl (C=O) groups excluding carboxylic acids is 1. The van der Waals surface area contributed by atoms with Gasteiger partial charge in [-0.25, -0.2) is 0 Å². The molecule has 1 amide bonds. The van der Waals surface area contributed by atoms with Crippen molar-refractivity contribution in [3.63, 3.8) is 0 Å². The van der Waals surface area contributed by atoms with E-state index in [1.807, 2.05) is 29.2 Å². The summed E-state index contributed by atoms with van der Waals surface area (Å²) in [4.78, 5) is 14.0. The lowest BCUT2D eigenvalue weighted by Crippen LogP contribution is -2.45. The summed E-state index contributed by atoms with van der Waals surface area (Å²) in [6.45, 7) is 3.31. The number of ether oxygens (including phenoxy) is 2. The molecule has 2 aliphatic rings. The summed E-state index contributed by atoms with van der Waals surface area (Å²) in [5.41, 5.74) is 0. The van der Waals surface area contributed by atoms with Crippen molar-refractivity contribution in [3.05, 3.63) is 24.3 Å². The molecule has 3 rings (SSSR count). The lowest BCUT2D eigenvalue weighted by atomic mass is 10.1. The highest BCUT2D eigenvalue weighted by molar-refractivity contribution is 5.78. The number of likely N-dealkylation sites (tertiary alicyclic amines) is 1. The molecule has 1 N–H and O–H groups in total. The molecule has 1 atom stereocenters. The predicted octanol–water partition coefficient (Wildman–Crippen LogP) is 1.43. The number of rotatable bonds is 4. The second kappa shape index (κ2) is 6.80. The second-order valence-electron chi connectivity index (χ2n) is 5.57. The number of piperidine rings is 1. The Balaban J connectivity index is 1.41. The van der Waals surface area contributed by atoms with Crippen molar-refractivity contribution >= 4 is 5.91 Å². The van der Waals surface area contributed by atoms with E-state index in [1.165, 1.54) is 6.42 Å². The molecule has 5 heteroatoms. The van der Waals surface area contributed by atoms with E-state index < -0.39 is 0 Å². The molecule has 0 aromatic heterocycles. The van der Waals surface area contributed by atoms with E-state index in [4.69, 9.17) is 9.47 Å². The molecular weight excluding hydrogens is 268 g/mol. The Hall–Kier alpha value is -1.75. The smallest absolute Gasteiger partial charge is 0.236 e. The van der Waals surface area contributed by atoms with Crippen molar-refractivity contribution in [3.8, 4) is 11.5 Å². The standard InChI is InChI=1S/C16H22N2O3/c19-16(18-8-4-1-5-9-18)11-17-10-13-12-20-14-6-2-3-7-15(14)21-13/h2-3,6-7,13,17H,1,4-5,8-12H2. The first kappa shape index (κ1) is 14.2. The first-order chi connectivity index (χ1) is 10.3. The summed E-state index contributed by atoms with van der Waals surface area (Å²) < 4.78 is 11.5. The molecule has 1 unspecified atom stereocenters. The average Bonchev–Trinajstić information content (AvgIpc) is 2.55. The minimum atomic E-state index is -0.0472. The topological polar surface area (TPSA) is 50.8 Å². The number of para-hydroxylation sites is 2. The van der Waals surface area contributed by atoms with Crippen molar-refractivity contribution in [1.29, 1.82) is 0 Å². The Kier molecular flexibility index (Phi) is 4.60. The molecule has 0 radical (unpaired) electrons. The largest absolute Gasteiger partial charge is 0.486 e. The van der Waals surface area contributed by atoms with Gasteiger partial charge in [-0.3, -0.25) is 4.79 Å². The molecule has 21 heavy (non-hydrogen) atoms. The lowest BCUT2D eigenvalue weighted by Gasteiger charge is -2.28. The Morgan fingerprint density at radius 2 is 1.95 bits per heavy atom. The predicted molar refractivity (Wildman–Crippen MR) is 79.7 cm³/mol.